The lowest BCUT2D eigenvalue weighted by Crippen LogP contribution is -2.32. The topological polar surface area (TPSA) is 101 Å². The highest BCUT2D eigenvalue weighted by Crippen LogP contribution is 2.35. The van der Waals surface area contributed by atoms with E-state index in [1.54, 1.807) is 30.8 Å². The second-order valence-electron chi connectivity index (χ2n) is 7.96. The van der Waals surface area contributed by atoms with Crippen molar-refractivity contribution in [1.82, 2.24) is 30.0 Å². The Morgan fingerprint density at radius 2 is 1.85 bits per heavy atom. The molecule has 1 amide bonds. The molecule has 3 heterocycles. The fourth-order valence-corrected chi connectivity index (χ4v) is 4.72. The van der Waals surface area contributed by atoms with Gasteiger partial charge in [-0.1, -0.05) is 42.1 Å². The fraction of sp³-hybridized carbons (Fsp3) is 0.208. The van der Waals surface area contributed by atoms with Gasteiger partial charge in [0.2, 0.25) is 16.9 Å². The molecule has 0 saturated carbocycles. The van der Waals surface area contributed by atoms with E-state index in [1.807, 2.05) is 60.7 Å². The van der Waals surface area contributed by atoms with Crippen molar-refractivity contribution >= 4 is 23.4 Å². The first kappa shape index (κ1) is 21.9. The van der Waals surface area contributed by atoms with Gasteiger partial charge in [-0.05, 0) is 35.9 Å². The minimum atomic E-state index is -0.200. The first-order valence-corrected chi connectivity index (χ1v) is 11.6. The predicted octanol–water partition coefficient (Wildman–Crippen LogP) is 3.55. The number of rotatable bonds is 6. The number of methoxy groups -OCH3 is 1. The number of carbonyl (C=O) groups is 1. The third-order valence-corrected chi connectivity index (χ3v) is 6.65. The molecule has 1 unspecified atom stereocenters. The average Bonchev–Trinajstić information content (AvgIpc) is 3.51. The van der Waals surface area contributed by atoms with Gasteiger partial charge in [0.15, 0.2) is 0 Å². The van der Waals surface area contributed by atoms with E-state index in [-0.39, 0.29) is 11.2 Å². The van der Waals surface area contributed by atoms with Crippen LogP contribution in [0.5, 0.6) is 5.75 Å². The van der Waals surface area contributed by atoms with Crippen LogP contribution in [0.3, 0.4) is 0 Å². The molecule has 172 valence electrons. The van der Waals surface area contributed by atoms with Gasteiger partial charge in [-0.25, -0.2) is 0 Å². The van der Waals surface area contributed by atoms with Gasteiger partial charge in [0, 0.05) is 26.1 Å². The van der Waals surface area contributed by atoms with Gasteiger partial charge < -0.3 is 9.64 Å². The monoisotopic (exact) mass is 473 g/mol. The zero-order chi connectivity index (χ0) is 23.7. The summed E-state index contributed by atoms with van der Waals surface area (Å²) in [5.41, 5.74) is 4.20. The zero-order valence-electron chi connectivity index (χ0n) is 19.0. The summed E-state index contributed by atoms with van der Waals surface area (Å²) in [6.45, 7) is 0. The van der Waals surface area contributed by atoms with Gasteiger partial charge in [0.25, 0.3) is 0 Å². The Morgan fingerprint density at radius 3 is 2.56 bits per heavy atom. The molecule has 1 aliphatic rings. The third kappa shape index (κ3) is 4.19. The number of nitrogens with zero attached hydrogens (tertiary/aromatic N) is 6. The Bertz CT molecular complexity index is 1340. The summed E-state index contributed by atoms with van der Waals surface area (Å²) in [6, 6.07) is 19.5. The number of carbonyl (C=O) groups excluding carboxylic acids is 1. The normalized spacial score (nSPS) is 14.9. The Kier molecular flexibility index (Phi) is 5.89. The number of amides is 1. The van der Waals surface area contributed by atoms with Crippen LogP contribution in [0.1, 0.15) is 12.0 Å². The van der Waals surface area contributed by atoms with E-state index in [1.165, 1.54) is 11.8 Å². The largest absolute Gasteiger partial charge is 0.497 e. The van der Waals surface area contributed by atoms with E-state index < -0.39 is 0 Å². The number of H-pyrrole nitrogens is 1. The van der Waals surface area contributed by atoms with Crippen molar-refractivity contribution < 1.29 is 9.53 Å². The maximum absolute atomic E-state index is 12.5. The van der Waals surface area contributed by atoms with Crippen LogP contribution in [0.4, 0.5) is 0 Å². The van der Waals surface area contributed by atoms with E-state index in [9.17, 15) is 4.79 Å². The van der Waals surface area contributed by atoms with E-state index >= 15 is 0 Å². The number of fused-ring (bicyclic) bond motifs is 1. The smallest absolute Gasteiger partial charge is 0.223 e. The summed E-state index contributed by atoms with van der Waals surface area (Å²) in [5.74, 6) is 1.33. The standard InChI is InChI=1S/C24H23N7O2S/c1-30(2)21(32)14-20-22(16-9-11-17(33-3)12-10-16)29-31-23(27-28-24(31)34-20)19-13-18(25-26-19)15-7-5-4-6-8-15/h4-13,20H,14H2,1-3H3,(H,25,26). The number of benzene rings is 2. The van der Waals surface area contributed by atoms with Crippen molar-refractivity contribution in [3.8, 4) is 28.5 Å². The highest BCUT2D eigenvalue weighted by Gasteiger charge is 2.31. The molecular formula is C24H23N7O2S. The number of nitrogens with one attached hydrogen (secondary N) is 1. The summed E-state index contributed by atoms with van der Waals surface area (Å²) in [6.07, 6.45) is 0.299. The fourth-order valence-electron chi connectivity index (χ4n) is 3.63. The summed E-state index contributed by atoms with van der Waals surface area (Å²) < 4.78 is 7.01. The van der Waals surface area contributed by atoms with Crippen molar-refractivity contribution in [2.75, 3.05) is 21.2 Å². The van der Waals surface area contributed by atoms with E-state index in [4.69, 9.17) is 9.84 Å². The molecule has 0 aliphatic carbocycles. The van der Waals surface area contributed by atoms with Crippen LogP contribution >= 0.6 is 11.8 Å². The second kappa shape index (κ2) is 9.14. The molecule has 1 aliphatic heterocycles. The molecule has 4 aromatic rings. The Labute approximate surface area is 200 Å². The molecule has 0 radical (unpaired) electrons. The van der Waals surface area contributed by atoms with Gasteiger partial charge in [0.05, 0.1) is 23.8 Å². The first-order chi connectivity index (χ1) is 16.5. The number of aromatic nitrogens is 5. The number of ether oxygens (including phenoxy) is 1. The molecule has 34 heavy (non-hydrogen) atoms. The van der Waals surface area contributed by atoms with E-state index in [0.29, 0.717) is 23.1 Å². The Morgan fingerprint density at radius 1 is 1.09 bits per heavy atom. The lowest BCUT2D eigenvalue weighted by atomic mass is 10.0. The molecule has 0 fully saturated rings. The van der Waals surface area contributed by atoms with Crippen molar-refractivity contribution in [3.63, 3.8) is 0 Å². The molecule has 1 atom stereocenters. The Hall–Kier alpha value is -3.92. The number of hydrogen-bond donors (Lipinski definition) is 1. The molecule has 9 nitrogen and oxygen atoms in total. The first-order valence-electron chi connectivity index (χ1n) is 10.7. The SMILES string of the molecule is COc1ccc(C2=Nn3c(nnc3-c3cc(-c4ccccc4)n[nH]3)SC2CC(=O)N(C)C)cc1. The zero-order valence-corrected chi connectivity index (χ0v) is 19.8. The summed E-state index contributed by atoms with van der Waals surface area (Å²) in [4.78, 5) is 14.1. The lowest BCUT2D eigenvalue weighted by Gasteiger charge is -2.24. The minimum Gasteiger partial charge on any atom is -0.497 e. The van der Waals surface area contributed by atoms with Crippen LogP contribution in [-0.4, -0.2) is 68.0 Å². The minimum absolute atomic E-state index is 0.0213. The van der Waals surface area contributed by atoms with Crippen LogP contribution in [0, 0.1) is 0 Å². The molecule has 0 saturated heterocycles. The van der Waals surface area contributed by atoms with Gasteiger partial charge in [0.1, 0.15) is 11.4 Å². The molecular weight excluding hydrogens is 450 g/mol. The Balaban J connectivity index is 1.54. The second-order valence-corrected chi connectivity index (χ2v) is 9.13. The van der Waals surface area contributed by atoms with Gasteiger partial charge >= 0.3 is 0 Å². The van der Waals surface area contributed by atoms with Crippen LogP contribution in [0.25, 0.3) is 22.8 Å². The molecule has 5 rings (SSSR count). The molecule has 10 heteroatoms. The predicted molar refractivity (Wildman–Crippen MR) is 131 cm³/mol. The van der Waals surface area contributed by atoms with Crippen LogP contribution < -0.4 is 4.74 Å². The van der Waals surface area contributed by atoms with Crippen LogP contribution in [0.2, 0.25) is 0 Å². The quantitative estimate of drug-likeness (QED) is 0.460. The van der Waals surface area contributed by atoms with Crippen molar-refractivity contribution in [1.29, 1.82) is 0 Å². The van der Waals surface area contributed by atoms with Gasteiger partial charge in [-0.3, -0.25) is 9.89 Å². The van der Waals surface area contributed by atoms with E-state index in [2.05, 4.69) is 20.4 Å². The number of thioether (sulfide) groups is 1. The number of hydrogen-bond acceptors (Lipinski definition) is 7. The molecule has 2 aromatic carbocycles. The van der Waals surface area contributed by atoms with Crippen molar-refractivity contribution in [3.05, 3.63) is 66.2 Å². The lowest BCUT2D eigenvalue weighted by molar-refractivity contribution is -0.128. The summed E-state index contributed by atoms with van der Waals surface area (Å²) in [7, 11) is 5.14. The third-order valence-electron chi connectivity index (χ3n) is 5.51. The maximum Gasteiger partial charge on any atom is 0.223 e. The van der Waals surface area contributed by atoms with E-state index in [0.717, 1.165) is 28.3 Å². The van der Waals surface area contributed by atoms with Crippen LogP contribution in [0.15, 0.2) is 70.9 Å². The highest BCUT2D eigenvalue weighted by atomic mass is 32.2. The maximum atomic E-state index is 12.5. The summed E-state index contributed by atoms with van der Waals surface area (Å²) in [5, 5.41) is 21.6. The van der Waals surface area contributed by atoms with Gasteiger partial charge in [-0.15, -0.1) is 10.2 Å². The summed E-state index contributed by atoms with van der Waals surface area (Å²) >= 11 is 1.48. The van der Waals surface area contributed by atoms with Gasteiger partial charge in [-0.2, -0.15) is 14.9 Å². The average molecular weight is 474 g/mol. The molecule has 2 aromatic heterocycles. The van der Waals surface area contributed by atoms with Crippen molar-refractivity contribution in [2.24, 2.45) is 5.10 Å². The van der Waals surface area contributed by atoms with Crippen molar-refractivity contribution in [2.45, 2.75) is 16.8 Å². The molecule has 1 N–H and O–H groups in total. The molecule has 0 bridgehead atoms. The van der Waals surface area contributed by atoms with Crippen LogP contribution in [-0.2, 0) is 4.79 Å². The molecule has 0 spiro atoms. The number of aromatic amines is 1. The highest BCUT2D eigenvalue weighted by molar-refractivity contribution is 8.00.